The Kier molecular flexibility index (Phi) is 3.48. The Labute approximate surface area is 162 Å². The van der Waals surface area contributed by atoms with Gasteiger partial charge in [-0.1, -0.05) is 25.5 Å². The van der Waals surface area contributed by atoms with E-state index in [-0.39, 0.29) is 34.7 Å². The fraction of sp³-hybridized carbons (Fsp3) is 0.826. The van der Waals surface area contributed by atoms with Gasteiger partial charge in [-0.2, -0.15) is 0 Å². The van der Waals surface area contributed by atoms with Crippen LogP contribution in [-0.2, 0) is 9.59 Å². The van der Waals surface area contributed by atoms with E-state index in [0.717, 1.165) is 44.9 Å². The van der Waals surface area contributed by atoms with Crippen LogP contribution in [0.15, 0.2) is 11.6 Å². The maximum absolute atomic E-state index is 12.8. The number of carbonyl (C=O) groups is 2. The van der Waals surface area contributed by atoms with Gasteiger partial charge in [0.05, 0.1) is 12.1 Å². The molecule has 1 N–H and O–H groups in total. The molecule has 1 aliphatic heterocycles. The maximum atomic E-state index is 12.8. The third kappa shape index (κ3) is 1.89. The van der Waals surface area contributed by atoms with Gasteiger partial charge in [0.15, 0.2) is 5.78 Å². The molecule has 5 rings (SSSR count). The van der Waals surface area contributed by atoms with Crippen molar-refractivity contribution in [1.29, 1.82) is 0 Å². The van der Waals surface area contributed by atoms with E-state index in [1.165, 1.54) is 5.57 Å². The van der Waals surface area contributed by atoms with E-state index in [1.807, 2.05) is 4.90 Å². The topological polar surface area (TPSA) is 57.4 Å². The van der Waals surface area contributed by atoms with E-state index in [9.17, 15) is 14.7 Å². The molecule has 0 bridgehead atoms. The second-order valence-electron chi connectivity index (χ2n) is 10.6. The quantitative estimate of drug-likeness (QED) is 0.567. The van der Waals surface area contributed by atoms with E-state index in [0.29, 0.717) is 17.8 Å². The number of aliphatic hydroxyl groups is 1. The molecule has 148 valence electrons. The van der Waals surface area contributed by atoms with Crippen molar-refractivity contribution >= 4 is 11.7 Å². The van der Waals surface area contributed by atoms with Crippen molar-refractivity contribution in [2.75, 3.05) is 0 Å². The van der Waals surface area contributed by atoms with Crippen LogP contribution in [0, 0.1) is 28.6 Å². The second-order valence-corrected chi connectivity index (χ2v) is 10.6. The molecule has 4 nitrogen and oxygen atoms in total. The zero-order valence-electron chi connectivity index (χ0n) is 17.1. The molecule has 3 unspecified atom stereocenters. The molecule has 4 fully saturated rings. The number of nitrogens with zero attached hydrogens (tertiary/aromatic N) is 1. The Bertz CT molecular complexity index is 759. The largest absolute Gasteiger partial charge is 0.393 e. The second kappa shape index (κ2) is 5.25. The number of fused-ring (bicyclic) bond motifs is 7. The molecule has 3 saturated carbocycles. The highest BCUT2D eigenvalue weighted by atomic mass is 16.3. The van der Waals surface area contributed by atoms with Gasteiger partial charge in [-0.25, -0.2) is 0 Å². The van der Waals surface area contributed by atoms with Gasteiger partial charge >= 0.3 is 0 Å². The van der Waals surface area contributed by atoms with E-state index >= 15 is 0 Å². The first kappa shape index (κ1) is 17.9. The van der Waals surface area contributed by atoms with E-state index in [2.05, 4.69) is 19.9 Å². The maximum Gasteiger partial charge on any atom is 0.220 e. The minimum absolute atomic E-state index is 0.0658. The van der Waals surface area contributed by atoms with Crippen molar-refractivity contribution in [3.8, 4) is 0 Å². The summed E-state index contributed by atoms with van der Waals surface area (Å²) in [6.45, 7) is 8.07. The van der Waals surface area contributed by atoms with Gasteiger partial charge in [-0.15, -0.1) is 0 Å². The van der Waals surface area contributed by atoms with Crippen LogP contribution in [0.25, 0.3) is 0 Å². The Hall–Kier alpha value is -1.16. The summed E-state index contributed by atoms with van der Waals surface area (Å²) in [7, 11) is 0. The number of carbonyl (C=O) groups excluding carboxylic acids is 2. The molecular formula is C23H33NO3. The first-order chi connectivity index (χ1) is 12.7. The van der Waals surface area contributed by atoms with Crippen molar-refractivity contribution in [2.24, 2.45) is 28.6 Å². The molecule has 4 aliphatic carbocycles. The van der Waals surface area contributed by atoms with Crippen LogP contribution < -0.4 is 0 Å². The minimum Gasteiger partial charge on any atom is -0.393 e. The van der Waals surface area contributed by atoms with E-state index in [1.54, 1.807) is 13.8 Å². The highest BCUT2D eigenvalue weighted by molar-refractivity contribution is 5.99. The summed E-state index contributed by atoms with van der Waals surface area (Å²) in [6.07, 6.45) is 9.39. The standard InChI is InChI=1S/C23H33NO3/c1-13(25)23-20(24(23)14(2)26)12-19-17-6-5-15-11-16(27)7-9-21(15,3)18(17)8-10-22(19,23)4/h5,16-20,27H,6-12H2,1-4H3/t16-,17?,18?,19?,20+,21-,22-,23+,24?/m0/s1. The highest BCUT2D eigenvalue weighted by Crippen LogP contribution is 2.74. The summed E-state index contributed by atoms with van der Waals surface area (Å²) in [5, 5.41) is 10.2. The van der Waals surface area contributed by atoms with Crippen LogP contribution in [-0.4, -0.2) is 39.4 Å². The monoisotopic (exact) mass is 371 g/mol. The summed E-state index contributed by atoms with van der Waals surface area (Å²) in [6, 6.07) is 0.132. The first-order valence-electron chi connectivity index (χ1n) is 10.9. The zero-order valence-corrected chi connectivity index (χ0v) is 17.1. The Balaban J connectivity index is 1.52. The smallest absolute Gasteiger partial charge is 0.220 e. The van der Waals surface area contributed by atoms with Crippen LogP contribution in [0.1, 0.15) is 72.6 Å². The number of hydrogen-bond donors (Lipinski definition) is 1. The lowest BCUT2D eigenvalue weighted by atomic mass is 9.46. The molecule has 1 amide bonds. The molecular weight excluding hydrogens is 338 g/mol. The van der Waals surface area contributed by atoms with E-state index < -0.39 is 5.54 Å². The number of hydrogen-bond acceptors (Lipinski definition) is 3. The van der Waals surface area contributed by atoms with Gasteiger partial charge in [0.1, 0.15) is 5.54 Å². The number of rotatable bonds is 1. The molecule has 0 aromatic heterocycles. The van der Waals surface area contributed by atoms with E-state index in [4.69, 9.17) is 0 Å². The molecule has 0 aromatic carbocycles. The molecule has 1 heterocycles. The molecule has 8 atom stereocenters. The van der Waals surface area contributed by atoms with Gasteiger partial charge in [0.2, 0.25) is 5.91 Å². The van der Waals surface area contributed by atoms with Gasteiger partial charge in [0.25, 0.3) is 0 Å². The van der Waals surface area contributed by atoms with Crippen LogP contribution in [0.4, 0.5) is 0 Å². The fourth-order valence-electron chi connectivity index (χ4n) is 8.66. The molecule has 1 saturated heterocycles. The Morgan fingerprint density at radius 2 is 1.89 bits per heavy atom. The van der Waals surface area contributed by atoms with Crippen molar-refractivity contribution in [3.63, 3.8) is 0 Å². The lowest BCUT2D eigenvalue weighted by Gasteiger charge is -2.58. The van der Waals surface area contributed by atoms with Gasteiger partial charge in [-0.3, -0.25) is 9.59 Å². The minimum atomic E-state index is -0.526. The summed E-state index contributed by atoms with van der Waals surface area (Å²) >= 11 is 0. The molecule has 0 aromatic rings. The summed E-state index contributed by atoms with van der Waals surface area (Å²) in [5.41, 5.74) is 1.11. The lowest BCUT2D eigenvalue weighted by Crippen LogP contribution is -2.56. The van der Waals surface area contributed by atoms with Crippen molar-refractivity contribution in [3.05, 3.63) is 11.6 Å². The summed E-state index contributed by atoms with van der Waals surface area (Å²) in [4.78, 5) is 27.0. The average molecular weight is 372 g/mol. The predicted octanol–water partition coefficient (Wildman–Crippen LogP) is 3.48. The van der Waals surface area contributed by atoms with Crippen LogP contribution in [0.5, 0.6) is 0 Å². The molecule has 4 heteroatoms. The number of aliphatic hydroxyl groups excluding tert-OH is 1. The van der Waals surface area contributed by atoms with Crippen molar-refractivity contribution < 1.29 is 14.7 Å². The Morgan fingerprint density at radius 1 is 1.15 bits per heavy atom. The number of ketones is 1. The fourth-order valence-corrected chi connectivity index (χ4v) is 8.66. The highest BCUT2D eigenvalue weighted by Gasteiger charge is 2.82. The normalized spacial score (nSPS) is 52.9. The number of allylic oxidation sites excluding steroid dienone is 1. The number of Topliss-reactive ketones (excluding diaryl/α,β-unsaturated/α-hetero) is 1. The van der Waals surface area contributed by atoms with Gasteiger partial charge < -0.3 is 10.0 Å². The number of piperidine rings is 1. The lowest BCUT2D eigenvalue weighted by molar-refractivity contribution is -0.139. The first-order valence-corrected chi connectivity index (χ1v) is 10.9. The number of amides is 1. The molecule has 5 aliphatic rings. The SMILES string of the molecule is CC(=O)N1[C@@H]2CC3C4CC=C5C[C@@H](O)CC[C@]5(C)C4CC[C@]3(C)[C@@]21C(C)=O. The van der Waals surface area contributed by atoms with Gasteiger partial charge in [0, 0.05) is 12.3 Å². The van der Waals surface area contributed by atoms with Crippen molar-refractivity contribution in [2.45, 2.75) is 90.3 Å². The average Bonchev–Trinajstić information content (AvgIpc) is 3.21. The molecule has 27 heavy (non-hydrogen) atoms. The Morgan fingerprint density at radius 3 is 2.56 bits per heavy atom. The molecule has 0 radical (unpaired) electrons. The summed E-state index contributed by atoms with van der Waals surface area (Å²) in [5.74, 6) is 2.07. The molecule has 0 spiro atoms. The van der Waals surface area contributed by atoms with Gasteiger partial charge in [-0.05, 0) is 75.0 Å². The zero-order chi connectivity index (χ0) is 19.4. The summed E-state index contributed by atoms with van der Waals surface area (Å²) < 4.78 is 0. The third-order valence-electron chi connectivity index (χ3n) is 9.80. The van der Waals surface area contributed by atoms with Crippen LogP contribution >= 0.6 is 0 Å². The third-order valence-corrected chi connectivity index (χ3v) is 9.80. The predicted molar refractivity (Wildman–Crippen MR) is 103 cm³/mol. The van der Waals surface area contributed by atoms with Crippen LogP contribution in [0.3, 0.4) is 0 Å². The van der Waals surface area contributed by atoms with Crippen molar-refractivity contribution in [1.82, 2.24) is 4.90 Å². The van der Waals surface area contributed by atoms with Crippen LogP contribution in [0.2, 0.25) is 0 Å². The number of likely N-dealkylation sites (tertiary alicyclic amines) is 1.